The molecule has 6 rings (SSSR count). The fourth-order valence-electron chi connectivity index (χ4n) is 5.96. The lowest BCUT2D eigenvalue weighted by Gasteiger charge is -2.46. The number of halogens is 6. The van der Waals surface area contributed by atoms with Gasteiger partial charge in [-0.1, -0.05) is 24.3 Å². The summed E-state index contributed by atoms with van der Waals surface area (Å²) in [6, 6.07) is 18.5. The van der Waals surface area contributed by atoms with Crippen LogP contribution in [-0.4, -0.2) is 34.5 Å². The van der Waals surface area contributed by atoms with Crippen molar-refractivity contribution in [3.05, 3.63) is 95.1 Å². The largest absolute Gasteiger partial charge is 0.534 e. The predicted molar refractivity (Wildman–Crippen MR) is 162 cm³/mol. The Bertz CT molecular complexity index is 1950. The van der Waals surface area contributed by atoms with E-state index < -0.39 is 42.8 Å². The van der Waals surface area contributed by atoms with Gasteiger partial charge in [-0.2, -0.15) is 43.2 Å². The average Bonchev–Trinajstić information content (AvgIpc) is 2.95. The molecule has 8 nitrogen and oxygen atoms in total. The normalized spacial score (nSPS) is 14.8. The molecule has 2 aliphatic heterocycles. The van der Waals surface area contributed by atoms with Crippen LogP contribution in [0.25, 0.3) is 22.3 Å². The maximum Gasteiger partial charge on any atom is 0.534 e. The molecule has 2 bridgehead atoms. The third kappa shape index (κ3) is 6.06. The lowest BCUT2D eigenvalue weighted by Crippen LogP contribution is -2.46. The third-order valence-corrected chi connectivity index (χ3v) is 9.77. The van der Waals surface area contributed by atoms with Gasteiger partial charge in [0.15, 0.2) is 0 Å². The molecule has 0 saturated carbocycles. The van der Waals surface area contributed by atoms with Crippen LogP contribution in [0.2, 0.25) is 0 Å². The van der Waals surface area contributed by atoms with E-state index in [2.05, 4.69) is 18.2 Å². The van der Waals surface area contributed by atoms with Crippen molar-refractivity contribution in [1.29, 1.82) is 0 Å². The van der Waals surface area contributed by atoms with E-state index in [0.29, 0.717) is 30.9 Å². The third-order valence-electron chi connectivity index (χ3n) is 7.81. The SMILES string of the molecule is Cc1cc(-c2ccc(OS(=O)(=O)C(F)(F)F)cc2)cc2c1N1Cc3cc(-c4ccc(OS(=O)(=O)C(F)(F)F)cc4)cc(C)c3N(C2)C1. The fourth-order valence-corrected chi connectivity index (χ4v) is 6.87. The predicted octanol–water partition coefficient (Wildman–Crippen LogP) is 7.39. The summed E-state index contributed by atoms with van der Waals surface area (Å²) in [6.45, 7) is 5.63. The second-order valence-electron chi connectivity index (χ2n) is 11.2. The Morgan fingerprint density at radius 3 is 1.21 bits per heavy atom. The summed E-state index contributed by atoms with van der Waals surface area (Å²) >= 11 is 0. The number of rotatable bonds is 6. The van der Waals surface area contributed by atoms with E-state index in [-0.39, 0.29) is 0 Å². The quantitative estimate of drug-likeness (QED) is 0.117. The average molecular weight is 699 g/mol. The van der Waals surface area contributed by atoms with Crippen LogP contribution in [0, 0.1) is 13.8 Å². The van der Waals surface area contributed by atoms with Crippen LogP contribution in [0.5, 0.6) is 11.5 Å². The van der Waals surface area contributed by atoms with Crippen molar-refractivity contribution in [2.24, 2.45) is 0 Å². The van der Waals surface area contributed by atoms with E-state index in [1.54, 1.807) is 0 Å². The maximum absolute atomic E-state index is 12.7. The smallest absolute Gasteiger partial charge is 0.376 e. The molecule has 2 aliphatic rings. The van der Waals surface area contributed by atoms with E-state index in [4.69, 9.17) is 0 Å². The molecule has 0 amide bonds. The van der Waals surface area contributed by atoms with Gasteiger partial charge in [-0.25, -0.2) is 0 Å². The number of benzene rings is 4. The number of nitrogens with zero attached hydrogens (tertiary/aromatic N) is 2. The highest BCUT2D eigenvalue weighted by Crippen LogP contribution is 2.44. The lowest BCUT2D eigenvalue weighted by molar-refractivity contribution is -0.0504. The van der Waals surface area contributed by atoms with Crippen LogP contribution in [0.15, 0.2) is 72.8 Å². The molecule has 47 heavy (non-hydrogen) atoms. The monoisotopic (exact) mass is 698 g/mol. The number of alkyl halides is 6. The Hall–Kier alpha value is -4.44. The van der Waals surface area contributed by atoms with Crippen LogP contribution < -0.4 is 18.2 Å². The molecule has 0 N–H and O–H groups in total. The fraction of sp³-hybridized carbons (Fsp3) is 0.226. The molecule has 16 heteroatoms. The van der Waals surface area contributed by atoms with Crippen molar-refractivity contribution < 1.29 is 51.5 Å². The molecule has 4 aromatic rings. The van der Waals surface area contributed by atoms with Gasteiger partial charge < -0.3 is 18.2 Å². The molecule has 0 spiro atoms. The number of hydrogen-bond donors (Lipinski definition) is 0. The van der Waals surface area contributed by atoms with Gasteiger partial charge in [-0.05, 0) is 107 Å². The van der Waals surface area contributed by atoms with E-state index in [1.807, 2.05) is 38.1 Å². The Morgan fingerprint density at radius 1 is 0.553 bits per heavy atom. The van der Waals surface area contributed by atoms with Gasteiger partial charge in [-0.3, -0.25) is 0 Å². The molecule has 2 heterocycles. The molecule has 0 fully saturated rings. The summed E-state index contributed by atoms with van der Waals surface area (Å²) < 4.78 is 130. The molecule has 4 aromatic carbocycles. The van der Waals surface area contributed by atoms with Crippen molar-refractivity contribution >= 4 is 31.6 Å². The summed E-state index contributed by atoms with van der Waals surface area (Å²) in [5.41, 5.74) is -2.19. The lowest BCUT2D eigenvalue weighted by atomic mass is 9.91. The molecule has 0 atom stereocenters. The summed E-state index contributed by atoms with van der Waals surface area (Å²) in [6.07, 6.45) is 0. The number of aryl methyl sites for hydroxylation is 2. The van der Waals surface area contributed by atoms with Crippen LogP contribution >= 0.6 is 0 Å². The summed E-state index contributed by atoms with van der Waals surface area (Å²) in [5.74, 6) is -0.921. The van der Waals surface area contributed by atoms with Crippen molar-refractivity contribution in [3.63, 3.8) is 0 Å². The Labute approximate surface area is 266 Å². The van der Waals surface area contributed by atoms with Gasteiger partial charge in [0.25, 0.3) is 0 Å². The Balaban J connectivity index is 1.25. The Kier molecular flexibility index (Phi) is 7.66. The number of hydrogen-bond acceptors (Lipinski definition) is 8. The zero-order valence-electron chi connectivity index (χ0n) is 24.5. The van der Waals surface area contributed by atoms with E-state index in [1.165, 1.54) is 24.3 Å². The van der Waals surface area contributed by atoms with E-state index in [0.717, 1.165) is 69.0 Å². The highest BCUT2D eigenvalue weighted by molar-refractivity contribution is 7.88. The molecule has 0 radical (unpaired) electrons. The molecule has 0 unspecified atom stereocenters. The van der Waals surface area contributed by atoms with Crippen LogP contribution in [0.4, 0.5) is 37.7 Å². The van der Waals surface area contributed by atoms with Crippen LogP contribution in [0.3, 0.4) is 0 Å². The first-order valence-electron chi connectivity index (χ1n) is 13.8. The molecular formula is C31H24F6N2O6S2. The van der Waals surface area contributed by atoms with E-state index in [9.17, 15) is 43.2 Å². The van der Waals surface area contributed by atoms with Gasteiger partial charge >= 0.3 is 31.3 Å². The Morgan fingerprint density at radius 2 is 0.894 bits per heavy atom. The molecule has 0 aromatic heterocycles. The van der Waals surface area contributed by atoms with Gasteiger partial charge in [0, 0.05) is 24.5 Å². The van der Waals surface area contributed by atoms with Gasteiger partial charge in [0.05, 0.1) is 6.67 Å². The summed E-state index contributed by atoms with van der Waals surface area (Å²) in [4.78, 5) is 4.42. The topological polar surface area (TPSA) is 93.2 Å². The first kappa shape index (κ1) is 32.5. The first-order valence-corrected chi connectivity index (χ1v) is 16.6. The summed E-state index contributed by atoms with van der Waals surface area (Å²) in [5, 5.41) is 0. The van der Waals surface area contributed by atoms with Gasteiger partial charge in [-0.15, -0.1) is 0 Å². The minimum Gasteiger partial charge on any atom is -0.376 e. The van der Waals surface area contributed by atoms with Crippen LogP contribution in [-0.2, 0) is 33.3 Å². The van der Waals surface area contributed by atoms with E-state index >= 15 is 0 Å². The molecule has 0 aliphatic carbocycles. The second-order valence-corrected chi connectivity index (χ2v) is 14.2. The zero-order valence-corrected chi connectivity index (χ0v) is 26.1. The molecule has 0 saturated heterocycles. The zero-order chi connectivity index (χ0) is 34.1. The van der Waals surface area contributed by atoms with Crippen molar-refractivity contribution in [2.45, 2.75) is 38.0 Å². The highest BCUT2D eigenvalue weighted by Gasteiger charge is 2.49. The standard InChI is InChI=1S/C31H24F6N2O6S2/c1-18-11-22(20-3-7-26(8-4-20)44-46(40,41)30(32,33)34)13-24-15-39-17-38(28(18)24)16-25-14-23(12-19(2)29(25)39)21-5-9-27(10-6-21)45-47(42,43)31(35,36)37/h3-14H,15-17H2,1-2H3. The van der Waals surface area contributed by atoms with Crippen molar-refractivity contribution in [1.82, 2.24) is 0 Å². The van der Waals surface area contributed by atoms with Crippen molar-refractivity contribution in [2.75, 3.05) is 16.5 Å². The number of fused-ring (bicyclic) bond motifs is 6. The van der Waals surface area contributed by atoms with Gasteiger partial charge in [0.2, 0.25) is 0 Å². The first-order chi connectivity index (χ1) is 21.8. The van der Waals surface area contributed by atoms with Crippen molar-refractivity contribution in [3.8, 4) is 33.8 Å². The molecular weight excluding hydrogens is 674 g/mol. The summed E-state index contributed by atoms with van der Waals surface area (Å²) in [7, 11) is -11.6. The number of anilines is 2. The minimum atomic E-state index is -5.79. The maximum atomic E-state index is 12.7. The highest BCUT2D eigenvalue weighted by atomic mass is 32.2. The molecule has 248 valence electrons. The van der Waals surface area contributed by atoms with Crippen LogP contribution in [0.1, 0.15) is 22.3 Å². The minimum absolute atomic E-state index is 0.461. The van der Waals surface area contributed by atoms with Gasteiger partial charge in [0.1, 0.15) is 11.5 Å². The second kappa shape index (κ2) is 11.1.